The number of allylic oxidation sites excluding steroid dienone is 3. The molecule has 0 amide bonds. The first-order chi connectivity index (χ1) is 14.5. The summed E-state index contributed by atoms with van der Waals surface area (Å²) >= 11 is 0. The van der Waals surface area contributed by atoms with E-state index in [0.717, 1.165) is 46.9 Å². The van der Waals surface area contributed by atoms with Crippen LogP contribution in [0.1, 0.15) is 31.0 Å². The van der Waals surface area contributed by atoms with E-state index < -0.39 is 0 Å². The molecule has 0 saturated heterocycles. The summed E-state index contributed by atoms with van der Waals surface area (Å²) in [7, 11) is 4.05. The van der Waals surface area contributed by atoms with Crippen LogP contribution in [0.4, 0.5) is 5.69 Å². The van der Waals surface area contributed by atoms with E-state index in [-0.39, 0.29) is 0 Å². The zero-order chi connectivity index (χ0) is 21.5. The first kappa shape index (κ1) is 21.4. The maximum atomic E-state index is 8.74. The largest absolute Gasteiger partial charge is 0.399 e. The molecular formula is C24H28BN5. The van der Waals surface area contributed by atoms with Gasteiger partial charge in [0, 0.05) is 30.5 Å². The van der Waals surface area contributed by atoms with Crippen LogP contribution < -0.4 is 10.6 Å². The van der Waals surface area contributed by atoms with Gasteiger partial charge < -0.3 is 15.1 Å². The van der Waals surface area contributed by atoms with Gasteiger partial charge in [0.1, 0.15) is 0 Å². The van der Waals surface area contributed by atoms with Gasteiger partial charge in [-0.2, -0.15) is 5.26 Å². The van der Waals surface area contributed by atoms with E-state index in [1.54, 1.807) is 0 Å². The first-order valence-electron chi connectivity index (χ1n) is 10.2. The normalized spacial score (nSPS) is 15.1. The summed E-state index contributed by atoms with van der Waals surface area (Å²) in [5.74, 6) is 0. The number of hydrogen-bond acceptors (Lipinski definition) is 4. The fourth-order valence-corrected chi connectivity index (χ4v) is 3.59. The maximum absolute atomic E-state index is 8.74. The molecule has 0 unspecified atom stereocenters. The standard InChI is InChI=1S/C24H28BN5/c1-18-17-20(28-24(18)22(12-14-27)23-5-3-16-30(23)25)9-6-19-7-10-21(11-8-19)29(2)15-4-13-26/h3,5-11,16-17H,4,12,14-15,25,27H2,1-2H3/b9-6+,24-22-. The average molecular weight is 397 g/mol. The summed E-state index contributed by atoms with van der Waals surface area (Å²) in [5.41, 5.74) is 13.6. The molecule has 0 fully saturated rings. The van der Waals surface area contributed by atoms with Crippen molar-refractivity contribution in [2.45, 2.75) is 19.8 Å². The van der Waals surface area contributed by atoms with Crippen molar-refractivity contribution >= 4 is 31.0 Å². The number of rotatable bonds is 8. The number of aliphatic imine (C=N–C) groups is 1. The van der Waals surface area contributed by atoms with Crippen molar-refractivity contribution in [1.82, 2.24) is 4.48 Å². The molecule has 5 nitrogen and oxygen atoms in total. The molecule has 3 rings (SSSR count). The monoisotopic (exact) mass is 397 g/mol. The minimum absolute atomic E-state index is 0.522. The second-order valence-electron chi connectivity index (χ2n) is 7.49. The molecule has 6 heteroatoms. The van der Waals surface area contributed by atoms with Crippen molar-refractivity contribution in [3.8, 4) is 6.07 Å². The molecule has 152 valence electrons. The predicted molar refractivity (Wildman–Crippen MR) is 129 cm³/mol. The molecular weight excluding hydrogens is 369 g/mol. The Labute approximate surface area is 180 Å². The summed E-state index contributed by atoms with van der Waals surface area (Å²) in [6, 6.07) is 14.7. The Kier molecular flexibility index (Phi) is 7.10. The Morgan fingerprint density at radius 2 is 2.03 bits per heavy atom. The molecule has 0 atom stereocenters. The van der Waals surface area contributed by atoms with E-state index in [9.17, 15) is 0 Å². The number of anilines is 1. The number of hydrogen-bond donors (Lipinski definition) is 1. The molecule has 0 bridgehead atoms. The Morgan fingerprint density at radius 1 is 1.27 bits per heavy atom. The van der Waals surface area contributed by atoms with Crippen molar-refractivity contribution in [2.24, 2.45) is 10.7 Å². The van der Waals surface area contributed by atoms with Crippen molar-refractivity contribution in [2.75, 3.05) is 25.0 Å². The Balaban J connectivity index is 1.80. The van der Waals surface area contributed by atoms with Crippen LogP contribution in [-0.4, -0.2) is 38.3 Å². The SMILES string of the molecule is Bn1cccc1/C(CCN)=C1N=C(/C=C/c2ccc(N(C)CCC#N)cc2)C=C\1C. The number of benzene rings is 1. The minimum atomic E-state index is 0.522. The highest BCUT2D eigenvalue weighted by Gasteiger charge is 2.16. The molecule has 1 aromatic heterocycles. The highest BCUT2D eigenvalue weighted by molar-refractivity contribution is 6.11. The minimum Gasteiger partial charge on any atom is -0.399 e. The summed E-state index contributed by atoms with van der Waals surface area (Å²) in [4.78, 5) is 6.98. The molecule has 0 spiro atoms. The van der Waals surface area contributed by atoms with Crippen LogP contribution in [0.15, 0.2) is 71.0 Å². The smallest absolute Gasteiger partial charge is 0.223 e. The topological polar surface area (TPSA) is 70.3 Å². The Bertz CT molecular complexity index is 1050. The van der Waals surface area contributed by atoms with Gasteiger partial charge in [0.2, 0.25) is 7.98 Å². The molecule has 0 saturated carbocycles. The molecule has 30 heavy (non-hydrogen) atoms. The van der Waals surface area contributed by atoms with Gasteiger partial charge in [0.05, 0.1) is 23.9 Å². The van der Waals surface area contributed by atoms with Crippen LogP contribution in [0.2, 0.25) is 0 Å². The quantitative estimate of drug-likeness (QED) is 0.694. The third-order valence-electron chi connectivity index (χ3n) is 5.25. The van der Waals surface area contributed by atoms with Crippen molar-refractivity contribution in [3.05, 3.63) is 77.3 Å². The van der Waals surface area contributed by atoms with Crippen LogP contribution in [0, 0.1) is 11.3 Å². The highest BCUT2D eigenvalue weighted by Crippen LogP contribution is 2.31. The van der Waals surface area contributed by atoms with Gasteiger partial charge in [0.15, 0.2) is 0 Å². The van der Waals surface area contributed by atoms with Crippen molar-refractivity contribution in [1.29, 1.82) is 5.26 Å². The predicted octanol–water partition coefficient (Wildman–Crippen LogP) is 3.41. The van der Waals surface area contributed by atoms with Crippen LogP contribution in [0.25, 0.3) is 11.6 Å². The van der Waals surface area contributed by atoms with Gasteiger partial charge in [-0.15, -0.1) is 0 Å². The zero-order valence-corrected chi connectivity index (χ0v) is 18.0. The number of aromatic nitrogens is 1. The lowest BCUT2D eigenvalue weighted by Crippen LogP contribution is -2.17. The fraction of sp³-hybridized carbons (Fsp3) is 0.250. The van der Waals surface area contributed by atoms with Gasteiger partial charge in [0.25, 0.3) is 0 Å². The summed E-state index contributed by atoms with van der Waals surface area (Å²) < 4.78 is 2.11. The fourth-order valence-electron chi connectivity index (χ4n) is 3.59. The van der Waals surface area contributed by atoms with Crippen molar-refractivity contribution < 1.29 is 0 Å². The molecule has 2 heterocycles. The van der Waals surface area contributed by atoms with E-state index in [4.69, 9.17) is 16.0 Å². The average Bonchev–Trinajstić information content (AvgIpc) is 3.34. The van der Waals surface area contributed by atoms with E-state index in [2.05, 4.69) is 70.9 Å². The Morgan fingerprint density at radius 3 is 2.67 bits per heavy atom. The van der Waals surface area contributed by atoms with Crippen molar-refractivity contribution in [3.63, 3.8) is 0 Å². The number of nitrogens with zero attached hydrogens (tertiary/aromatic N) is 4. The summed E-state index contributed by atoms with van der Waals surface area (Å²) in [6.07, 6.45) is 9.61. The first-order valence-corrected chi connectivity index (χ1v) is 10.2. The zero-order valence-electron chi connectivity index (χ0n) is 18.0. The van der Waals surface area contributed by atoms with Gasteiger partial charge >= 0.3 is 0 Å². The Hall–Kier alpha value is -3.30. The van der Waals surface area contributed by atoms with E-state index in [0.29, 0.717) is 13.0 Å². The molecule has 2 N–H and O–H groups in total. The third-order valence-corrected chi connectivity index (χ3v) is 5.25. The lowest BCUT2D eigenvalue weighted by atomic mass is 10.0. The van der Waals surface area contributed by atoms with Crippen LogP contribution in [0.3, 0.4) is 0 Å². The lowest BCUT2D eigenvalue weighted by molar-refractivity contribution is 0.905. The van der Waals surface area contributed by atoms with Crippen LogP contribution >= 0.6 is 0 Å². The molecule has 1 aliphatic heterocycles. The van der Waals surface area contributed by atoms with Gasteiger partial charge in [-0.3, -0.25) is 0 Å². The molecule has 0 radical (unpaired) electrons. The third kappa shape index (κ3) is 5.00. The number of nitriles is 1. The van der Waals surface area contributed by atoms with Crippen LogP contribution in [-0.2, 0) is 0 Å². The lowest BCUT2D eigenvalue weighted by Gasteiger charge is -2.17. The second kappa shape index (κ2) is 9.95. The molecule has 2 aromatic rings. The second-order valence-corrected chi connectivity index (χ2v) is 7.49. The van der Waals surface area contributed by atoms with Gasteiger partial charge in [-0.05, 0) is 73.6 Å². The molecule has 1 aromatic carbocycles. The molecule has 0 aliphatic carbocycles. The van der Waals surface area contributed by atoms with E-state index in [1.807, 2.05) is 27.3 Å². The molecule has 1 aliphatic rings. The summed E-state index contributed by atoms with van der Waals surface area (Å²) in [5, 5.41) is 8.74. The van der Waals surface area contributed by atoms with Crippen LogP contribution in [0.5, 0.6) is 0 Å². The summed E-state index contributed by atoms with van der Waals surface area (Å²) in [6.45, 7) is 3.42. The highest BCUT2D eigenvalue weighted by atomic mass is 15.1. The maximum Gasteiger partial charge on any atom is 0.223 e. The number of nitrogens with two attached hydrogens (primary N) is 1. The van der Waals surface area contributed by atoms with E-state index in [1.165, 1.54) is 5.57 Å². The van der Waals surface area contributed by atoms with Gasteiger partial charge in [-0.25, -0.2) is 4.99 Å². The van der Waals surface area contributed by atoms with E-state index >= 15 is 0 Å². The van der Waals surface area contributed by atoms with Gasteiger partial charge in [-0.1, -0.05) is 18.2 Å².